The zero-order chi connectivity index (χ0) is 18.1. The highest BCUT2D eigenvalue weighted by atomic mass is 16.6. The van der Waals surface area contributed by atoms with E-state index in [0.29, 0.717) is 25.7 Å². The lowest BCUT2D eigenvalue weighted by atomic mass is 9.84. The number of carbonyl (C=O) groups excluding carboxylic acids is 1. The highest BCUT2D eigenvalue weighted by Gasteiger charge is 2.44. The summed E-state index contributed by atoms with van der Waals surface area (Å²) in [4.78, 5) is 16.7. The van der Waals surface area contributed by atoms with Gasteiger partial charge in [-0.3, -0.25) is 9.78 Å². The number of fused-ring (bicyclic) bond motifs is 1. The van der Waals surface area contributed by atoms with Crippen molar-refractivity contribution >= 4 is 5.91 Å². The molecule has 2 aromatic rings. The molecule has 26 heavy (non-hydrogen) atoms. The number of hydrogen-bond acceptors (Lipinski definition) is 4. The molecule has 1 amide bonds. The van der Waals surface area contributed by atoms with Crippen molar-refractivity contribution in [3.63, 3.8) is 0 Å². The van der Waals surface area contributed by atoms with Crippen molar-refractivity contribution in [1.82, 2.24) is 10.3 Å². The highest BCUT2D eigenvalue weighted by Crippen LogP contribution is 2.47. The first kappa shape index (κ1) is 16.9. The summed E-state index contributed by atoms with van der Waals surface area (Å²) in [6, 6.07) is 10.00. The van der Waals surface area contributed by atoms with Crippen LogP contribution in [0.1, 0.15) is 37.3 Å². The molecule has 1 aliphatic carbocycles. The van der Waals surface area contributed by atoms with E-state index >= 15 is 0 Å². The number of carbonyl (C=O) groups is 1. The second-order valence-corrected chi connectivity index (χ2v) is 7.70. The predicted octanol–water partition coefficient (Wildman–Crippen LogP) is 3.05. The van der Waals surface area contributed by atoms with Crippen LogP contribution < -0.4 is 14.8 Å². The molecule has 2 aliphatic rings. The molecular formula is C21H24N2O3. The SMILES string of the molecule is CC(C)(CNC(=O)[C@H]1C[C@@H]1c1cccnc1)c1ccc2c(c1)OCCO2. The lowest BCUT2D eigenvalue weighted by Crippen LogP contribution is -2.37. The largest absolute Gasteiger partial charge is 0.486 e. The maximum atomic E-state index is 12.5. The minimum Gasteiger partial charge on any atom is -0.486 e. The van der Waals surface area contributed by atoms with Gasteiger partial charge in [0.25, 0.3) is 0 Å². The van der Waals surface area contributed by atoms with Gasteiger partial charge in [-0.2, -0.15) is 0 Å². The Kier molecular flexibility index (Phi) is 4.31. The number of pyridine rings is 1. The lowest BCUT2D eigenvalue weighted by molar-refractivity contribution is -0.122. The lowest BCUT2D eigenvalue weighted by Gasteiger charge is -2.28. The molecule has 1 aromatic heterocycles. The third kappa shape index (κ3) is 3.39. The number of benzene rings is 1. The van der Waals surface area contributed by atoms with Gasteiger partial charge >= 0.3 is 0 Å². The first-order chi connectivity index (χ1) is 12.5. The van der Waals surface area contributed by atoms with Gasteiger partial charge < -0.3 is 14.8 Å². The molecule has 1 saturated carbocycles. The van der Waals surface area contributed by atoms with Gasteiger partial charge in [0.05, 0.1) is 0 Å². The Morgan fingerprint density at radius 1 is 1.23 bits per heavy atom. The molecule has 0 spiro atoms. The van der Waals surface area contributed by atoms with Gasteiger partial charge in [-0.15, -0.1) is 0 Å². The van der Waals surface area contributed by atoms with Crippen molar-refractivity contribution in [3.8, 4) is 11.5 Å². The molecule has 2 heterocycles. The molecule has 0 bridgehead atoms. The zero-order valence-corrected chi connectivity index (χ0v) is 15.2. The third-order valence-electron chi connectivity index (χ3n) is 5.27. The average molecular weight is 352 g/mol. The Balaban J connectivity index is 1.37. The Morgan fingerprint density at radius 2 is 2.04 bits per heavy atom. The van der Waals surface area contributed by atoms with Gasteiger partial charge in [-0.1, -0.05) is 26.0 Å². The van der Waals surface area contributed by atoms with Crippen molar-refractivity contribution in [2.75, 3.05) is 19.8 Å². The van der Waals surface area contributed by atoms with Crippen molar-refractivity contribution < 1.29 is 14.3 Å². The van der Waals surface area contributed by atoms with Crippen molar-refractivity contribution in [3.05, 3.63) is 53.9 Å². The molecule has 4 rings (SSSR count). The van der Waals surface area contributed by atoms with E-state index in [1.54, 1.807) is 6.20 Å². The van der Waals surface area contributed by atoms with Gasteiger partial charge in [0.15, 0.2) is 11.5 Å². The molecule has 1 N–H and O–H groups in total. The monoisotopic (exact) mass is 352 g/mol. The van der Waals surface area contributed by atoms with Gasteiger partial charge in [-0.05, 0) is 41.7 Å². The molecule has 0 unspecified atom stereocenters. The fourth-order valence-corrected chi connectivity index (χ4v) is 3.45. The molecule has 0 radical (unpaired) electrons. The number of ether oxygens (including phenoxy) is 2. The van der Waals surface area contributed by atoms with Crippen molar-refractivity contribution in [2.24, 2.45) is 5.92 Å². The average Bonchev–Trinajstić information content (AvgIpc) is 3.47. The second-order valence-electron chi connectivity index (χ2n) is 7.70. The summed E-state index contributed by atoms with van der Waals surface area (Å²) in [5, 5.41) is 3.13. The van der Waals surface area contributed by atoms with Crippen LogP contribution in [0.3, 0.4) is 0 Å². The third-order valence-corrected chi connectivity index (χ3v) is 5.27. The Bertz CT molecular complexity index is 804. The smallest absolute Gasteiger partial charge is 0.223 e. The van der Waals surface area contributed by atoms with E-state index in [2.05, 4.69) is 30.2 Å². The van der Waals surface area contributed by atoms with Gasteiger partial charge in [0.1, 0.15) is 13.2 Å². The summed E-state index contributed by atoms with van der Waals surface area (Å²) in [5.74, 6) is 2.07. The van der Waals surface area contributed by atoms with Crippen LogP contribution in [-0.2, 0) is 10.2 Å². The molecule has 5 nitrogen and oxygen atoms in total. The van der Waals surface area contributed by atoms with Gasteiger partial charge in [-0.25, -0.2) is 0 Å². The summed E-state index contributed by atoms with van der Waals surface area (Å²) in [7, 11) is 0. The van der Waals surface area contributed by atoms with E-state index in [1.807, 2.05) is 30.5 Å². The number of rotatable bonds is 5. The summed E-state index contributed by atoms with van der Waals surface area (Å²) in [6.07, 6.45) is 4.52. The van der Waals surface area contributed by atoms with Crippen LogP contribution in [0.25, 0.3) is 0 Å². The molecule has 1 aliphatic heterocycles. The quantitative estimate of drug-likeness (QED) is 0.898. The van der Waals surface area contributed by atoms with Crippen LogP contribution in [0.4, 0.5) is 0 Å². The van der Waals surface area contributed by atoms with E-state index in [4.69, 9.17) is 9.47 Å². The highest BCUT2D eigenvalue weighted by molar-refractivity contribution is 5.83. The van der Waals surface area contributed by atoms with E-state index in [-0.39, 0.29) is 17.2 Å². The second kappa shape index (κ2) is 6.63. The molecular weight excluding hydrogens is 328 g/mol. The first-order valence-corrected chi connectivity index (χ1v) is 9.12. The summed E-state index contributed by atoms with van der Waals surface area (Å²) >= 11 is 0. The maximum Gasteiger partial charge on any atom is 0.223 e. The standard InChI is InChI=1S/C21H24N2O3/c1-21(2,15-5-6-18-19(10-15)26-9-8-25-18)13-23-20(24)17-11-16(17)14-4-3-7-22-12-14/h3-7,10,12,16-17H,8-9,11,13H2,1-2H3,(H,23,24)/t16-,17+/m1/s1. The number of nitrogens with one attached hydrogen (secondary N) is 1. The summed E-state index contributed by atoms with van der Waals surface area (Å²) in [6.45, 7) is 6.01. The summed E-state index contributed by atoms with van der Waals surface area (Å²) < 4.78 is 11.3. The molecule has 1 fully saturated rings. The van der Waals surface area contributed by atoms with Crippen LogP contribution in [0, 0.1) is 5.92 Å². The molecule has 0 saturated heterocycles. The predicted molar refractivity (Wildman–Crippen MR) is 98.6 cm³/mol. The minimum absolute atomic E-state index is 0.0651. The normalized spacial score (nSPS) is 21.2. The number of amides is 1. The van der Waals surface area contributed by atoms with Gasteiger partial charge in [0, 0.05) is 30.3 Å². The van der Waals surface area contributed by atoms with Crippen molar-refractivity contribution in [2.45, 2.75) is 31.6 Å². The van der Waals surface area contributed by atoms with Gasteiger partial charge in [0.2, 0.25) is 5.91 Å². The van der Waals surface area contributed by atoms with E-state index < -0.39 is 0 Å². The molecule has 2 atom stereocenters. The molecule has 136 valence electrons. The van der Waals surface area contributed by atoms with Crippen LogP contribution >= 0.6 is 0 Å². The fraction of sp³-hybridized carbons (Fsp3) is 0.429. The first-order valence-electron chi connectivity index (χ1n) is 9.12. The number of nitrogens with zero attached hydrogens (tertiary/aromatic N) is 1. The zero-order valence-electron chi connectivity index (χ0n) is 15.2. The number of aromatic nitrogens is 1. The van der Waals surface area contributed by atoms with Crippen LogP contribution in [0.2, 0.25) is 0 Å². The Hall–Kier alpha value is -2.56. The molecule has 5 heteroatoms. The molecule has 1 aromatic carbocycles. The number of hydrogen-bond donors (Lipinski definition) is 1. The van der Waals surface area contributed by atoms with E-state index in [1.165, 1.54) is 0 Å². The van der Waals surface area contributed by atoms with Crippen LogP contribution in [0.5, 0.6) is 11.5 Å². The fourth-order valence-electron chi connectivity index (χ4n) is 3.45. The van der Waals surface area contributed by atoms with Crippen molar-refractivity contribution in [1.29, 1.82) is 0 Å². The Morgan fingerprint density at radius 3 is 2.81 bits per heavy atom. The summed E-state index contributed by atoms with van der Waals surface area (Å²) in [5.41, 5.74) is 2.09. The Labute approximate surface area is 153 Å². The maximum absolute atomic E-state index is 12.5. The van der Waals surface area contributed by atoms with Crippen LogP contribution in [0.15, 0.2) is 42.7 Å². The minimum atomic E-state index is -0.190. The topological polar surface area (TPSA) is 60.5 Å². The van der Waals surface area contributed by atoms with E-state index in [9.17, 15) is 4.79 Å². The van der Waals surface area contributed by atoms with E-state index in [0.717, 1.165) is 29.0 Å². The van der Waals surface area contributed by atoms with Crippen LogP contribution in [-0.4, -0.2) is 30.6 Å².